The van der Waals surface area contributed by atoms with E-state index >= 15 is 0 Å². The van der Waals surface area contributed by atoms with Crippen LogP contribution in [0.2, 0.25) is 0 Å². The first-order valence-electron chi connectivity index (χ1n) is 6.72. The molecule has 0 aliphatic carbocycles. The molecule has 7 nitrogen and oxygen atoms in total. The van der Waals surface area contributed by atoms with Gasteiger partial charge < -0.3 is 18.9 Å². The maximum atomic E-state index is 11.9. The SMILES string of the molecule is C=C(C)C(=O)OCC1C2OC(=O)C3C2OC1C3C(=O)OC. The highest BCUT2D eigenvalue weighted by atomic mass is 16.6. The third-order valence-electron chi connectivity index (χ3n) is 4.33. The normalized spacial score (nSPS) is 39.0. The fourth-order valence-corrected chi connectivity index (χ4v) is 3.39. The van der Waals surface area contributed by atoms with Gasteiger partial charge in [0.25, 0.3) is 0 Å². The van der Waals surface area contributed by atoms with Crippen LogP contribution in [0.4, 0.5) is 0 Å². The number of hydrogen-bond donors (Lipinski definition) is 0. The van der Waals surface area contributed by atoms with E-state index in [9.17, 15) is 14.4 Å². The minimum atomic E-state index is -0.695. The number of hydrogen-bond acceptors (Lipinski definition) is 7. The molecule has 0 N–H and O–H groups in total. The van der Waals surface area contributed by atoms with E-state index in [0.29, 0.717) is 0 Å². The first kappa shape index (κ1) is 14.1. The topological polar surface area (TPSA) is 88.1 Å². The minimum absolute atomic E-state index is 0.0189. The van der Waals surface area contributed by atoms with Gasteiger partial charge in [0, 0.05) is 5.57 Å². The predicted octanol–water partition coefficient (Wildman–Crippen LogP) is -0.166. The van der Waals surface area contributed by atoms with Crippen molar-refractivity contribution in [3.8, 4) is 0 Å². The molecule has 3 saturated heterocycles. The molecule has 0 amide bonds. The molecular weight excluding hydrogens is 280 g/mol. The summed E-state index contributed by atoms with van der Waals surface area (Å²) in [5.74, 6) is -3.13. The average Bonchev–Trinajstić information content (AvgIpc) is 3.05. The van der Waals surface area contributed by atoms with E-state index in [1.165, 1.54) is 7.11 Å². The Hall–Kier alpha value is -1.89. The number of rotatable bonds is 4. The number of carbonyl (C=O) groups excluding carboxylic acids is 3. The minimum Gasteiger partial charge on any atom is -0.469 e. The molecule has 21 heavy (non-hydrogen) atoms. The van der Waals surface area contributed by atoms with Crippen LogP contribution < -0.4 is 0 Å². The van der Waals surface area contributed by atoms with Gasteiger partial charge in [-0.1, -0.05) is 6.58 Å². The average molecular weight is 296 g/mol. The summed E-state index contributed by atoms with van der Waals surface area (Å²) in [6, 6.07) is 0. The zero-order valence-corrected chi connectivity index (χ0v) is 11.7. The third-order valence-corrected chi connectivity index (χ3v) is 4.33. The van der Waals surface area contributed by atoms with Gasteiger partial charge in [-0.25, -0.2) is 4.79 Å². The Balaban J connectivity index is 1.78. The van der Waals surface area contributed by atoms with Crippen molar-refractivity contribution in [2.24, 2.45) is 17.8 Å². The lowest BCUT2D eigenvalue weighted by Gasteiger charge is -2.26. The predicted molar refractivity (Wildman–Crippen MR) is 66.8 cm³/mol. The first-order valence-corrected chi connectivity index (χ1v) is 6.72. The maximum Gasteiger partial charge on any atom is 0.333 e. The molecule has 0 radical (unpaired) electrons. The molecule has 0 aromatic rings. The standard InChI is InChI=1S/C14H16O7/c1-5(2)12(15)19-4-6-9-7(13(16)18-3)8-11(20-9)10(6)21-14(8)17/h6-11H,1,4H2,2-3H3. The highest BCUT2D eigenvalue weighted by Crippen LogP contribution is 2.53. The summed E-state index contributed by atoms with van der Waals surface area (Å²) < 4.78 is 20.9. The van der Waals surface area contributed by atoms with Crippen LogP contribution >= 0.6 is 0 Å². The monoisotopic (exact) mass is 296 g/mol. The molecule has 0 aromatic carbocycles. The van der Waals surface area contributed by atoms with Crippen molar-refractivity contribution in [2.45, 2.75) is 25.2 Å². The van der Waals surface area contributed by atoms with Gasteiger partial charge in [0.1, 0.15) is 24.7 Å². The van der Waals surface area contributed by atoms with E-state index < -0.39 is 48.1 Å². The Morgan fingerprint density at radius 2 is 2.00 bits per heavy atom. The largest absolute Gasteiger partial charge is 0.469 e. The van der Waals surface area contributed by atoms with Crippen molar-refractivity contribution in [2.75, 3.05) is 13.7 Å². The molecule has 3 heterocycles. The molecule has 0 aromatic heterocycles. The summed E-state index contributed by atoms with van der Waals surface area (Å²) in [6.07, 6.45) is -1.45. The van der Waals surface area contributed by atoms with Crippen molar-refractivity contribution in [3.63, 3.8) is 0 Å². The van der Waals surface area contributed by atoms with Crippen LogP contribution in [-0.4, -0.2) is 49.9 Å². The van der Waals surface area contributed by atoms with Crippen LogP contribution in [0.3, 0.4) is 0 Å². The Kier molecular flexibility index (Phi) is 3.24. The molecule has 6 unspecified atom stereocenters. The van der Waals surface area contributed by atoms with Gasteiger partial charge in [0.05, 0.1) is 25.0 Å². The van der Waals surface area contributed by atoms with Gasteiger partial charge in [0.15, 0.2) is 0 Å². The lowest BCUT2D eigenvalue weighted by Crippen LogP contribution is -2.44. The molecule has 6 atom stereocenters. The van der Waals surface area contributed by atoms with Crippen LogP contribution in [-0.2, 0) is 33.3 Å². The molecule has 2 bridgehead atoms. The van der Waals surface area contributed by atoms with Crippen molar-refractivity contribution >= 4 is 17.9 Å². The maximum absolute atomic E-state index is 11.9. The summed E-state index contributed by atoms with van der Waals surface area (Å²) in [6.45, 7) is 5.06. The van der Waals surface area contributed by atoms with Crippen molar-refractivity contribution in [3.05, 3.63) is 12.2 Å². The highest BCUT2D eigenvalue weighted by Gasteiger charge is 2.70. The van der Waals surface area contributed by atoms with Gasteiger partial charge in [0.2, 0.25) is 0 Å². The van der Waals surface area contributed by atoms with Gasteiger partial charge in [-0.3, -0.25) is 9.59 Å². The van der Waals surface area contributed by atoms with E-state index in [1.807, 2.05) is 0 Å². The number of fused-ring (bicyclic) bond motifs is 1. The molecule has 3 aliphatic rings. The first-order chi connectivity index (χ1) is 9.95. The molecular formula is C14H16O7. The van der Waals surface area contributed by atoms with Crippen molar-refractivity contribution in [1.29, 1.82) is 0 Å². The van der Waals surface area contributed by atoms with Gasteiger partial charge in [-0.15, -0.1) is 0 Å². The van der Waals surface area contributed by atoms with Crippen molar-refractivity contribution in [1.82, 2.24) is 0 Å². The quantitative estimate of drug-likeness (QED) is 0.404. The van der Waals surface area contributed by atoms with E-state index in [4.69, 9.17) is 18.9 Å². The highest BCUT2D eigenvalue weighted by molar-refractivity contribution is 5.87. The smallest absolute Gasteiger partial charge is 0.333 e. The van der Waals surface area contributed by atoms with Crippen LogP contribution in [0.1, 0.15) is 6.92 Å². The fraction of sp³-hybridized carbons (Fsp3) is 0.643. The zero-order valence-electron chi connectivity index (χ0n) is 11.7. The Labute approximate surface area is 121 Å². The summed E-state index contributed by atoms with van der Waals surface area (Å²) in [5, 5.41) is 0. The molecule has 3 rings (SSSR count). The molecule has 3 fully saturated rings. The molecule has 0 spiro atoms. The summed E-state index contributed by atoms with van der Waals surface area (Å²) in [5.41, 5.74) is 0.282. The molecule has 114 valence electrons. The number of methoxy groups -OCH3 is 1. The van der Waals surface area contributed by atoms with Gasteiger partial charge in [-0.05, 0) is 6.92 Å². The van der Waals surface area contributed by atoms with E-state index in [2.05, 4.69) is 6.58 Å². The number of carbonyl (C=O) groups is 3. The summed E-state index contributed by atoms with van der Waals surface area (Å²) in [7, 11) is 1.27. The van der Waals surface area contributed by atoms with Crippen molar-refractivity contribution < 1.29 is 33.3 Å². The van der Waals surface area contributed by atoms with Gasteiger partial charge in [-0.2, -0.15) is 0 Å². The Morgan fingerprint density at radius 1 is 1.29 bits per heavy atom. The van der Waals surface area contributed by atoms with E-state index in [1.54, 1.807) is 6.92 Å². The molecule has 3 aliphatic heterocycles. The fourth-order valence-electron chi connectivity index (χ4n) is 3.39. The second kappa shape index (κ2) is 4.84. The van der Waals surface area contributed by atoms with Crippen LogP contribution in [0.15, 0.2) is 12.2 Å². The second-order valence-corrected chi connectivity index (χ2v) is 5.58. The summed E-state index contributed by atoms with van der Waals surface area (Å²) >= 11 is 0. The van der Waals surface area contributed by atoms with Crippen LogP contribution in [0, 0.1) is 17.8 Å². The Morgan fingerprint density at radius 3 is 2.62 bits per heavy atom. The molecule has 7 heteroatoms. The number of esters is 3. The van der Waals surface area contributed by atoms with Crippen LogP contribution in [0.25, 0.3) is 0 Å². The van der Waals surface area contributed by atoms with Gasteiger partial charge >= 0.3 is 17.9 Å². The lowest BCUT2D eigenvalue weighted by atomic mass is 9.74. The third kappa shape index (κ3) is 1.95. The Bertz CT molecular complexity index is 525. The molecule has 0 saturated carbocycles. The van der Waals surface area contributed by atoms with E-state index in [0.717, 1.165) is 0 Å². The summed E-state index contributed by atoms with van der Waals surface area (Å²) in [4.78, 5) is 35.3. The number of ether oxygens (including phenoxy) is 4. The second-order valence-electron chi connectivity index (χ2n) is 5.58. The van der Waals surface area contributed by atoms with E-state index in [-0.39, 0.29) is 18.1 Å². The van der Waals surface area contributed by atoms with Crippen LogP contribution in [0.5, 0.6) is 0 Å². The lowest BCUT2D eigenvalue weighted by molar-refractivity contribution is -0.153. The zero-order chi connectivity index (χ0) is 15.3.